The Kier molecular flexibility index (Phi) is 4.61. The fourth-order valence-electron chi connectivity index (χ4n) is 4.85. The van der Waals surface area contributed by atoms with E-state index in [9.17, 15) is 4.79 Å². The van der Waals surface area contributed by atoms with E-state index >= 15 is 0 Å². The SMILES string of the molecule is COc1ccc(C2NC(=O)c3sc4nc5c(c(-c6ccccc6)c4c3N2)CCCC5)cc1. The van der Waals surface area contributed by atoms with Crippen molar-refractivity contribution in [2.75, 3.05) is 12.4 Å². The third-order valence-electron chi connectivity index (χ3n) is 6.40. The van der Waals surface area contributed by atoms with Crippen molar-refractivity contribution in [1.29, 1.82) is 0 Å². The quantitative estimate of drug-likeness (QED) is 0.428. The van der Waals surface area contributed by atoms with Crippen molar-refractivity contribution < 1.29 is 9.53 Å². The average Bonchev–Trinajstić information content (AvgIpc) is 3.22. The van der Waals surface area contributed by atoms with E-state index in [0.29, 0.717) is 4.88 Å². The second kappa shape index (κ2) is 7.64. The number of carbonyl (C=O) groups excluding carboxylic acids is 1. The first-order chi connectivity index (χ1) is 15.7. The van der Waals surface area contributed by atoms with Crippen LogP contribution in [0.5, 0.6) is 5.75 Å². The lowest BCUT2D eigenvalue weighted by Crippen LogP contribution is -2.37. The molecule has 4 aromatic rings. The molecule has 1 aliphatic heterocycles. The summed E-state index contributed by atoms with van der Waals surface area (Å²) in [5, 5.41) is 7.80. The Balaban J connectivity index is 1.55. The van der Waals surface area contributed by atoms with Crippen molar-refractivity contribution in [3.05, 3.63) is 76.3 Å². The number of ether oxygens (including phenoxy) is 1. The molecule has 0 bridgehead atoms. The summed E-state index contributed by atoms with van der Waals surface area (Å²) >= 11 is 1.49. The molecule has 1 aliphatic carbocycles. The first-order valence-electron chi connectivity index (χ1n) is 11.0. The number of anilines is 1. The molecule has 32 heavy (non-hydrogen) atoms. The molecule has 1 atom stereocenters. The number of pyridine rings is 1. The highest BCUT2D eigenvalue weighted by atomic mass is 32.1. The second-order valence-corrected chi connectivity index (χ2v) is 9.29. The van der Waals surface area contributed by atoms with E-state index in [0.717, 1.165) is 40.1 Å². The lowest BCUT2D eigenvalue weighted by Gasteiger charge is -2.27. The van der Waals surface area contributed by atoms with Crippen molar-refractivity contribution in [3.63, 3.8) is 0 Å². The number of aromatic nitrogens is 1. The zero-order valence-corrected chi connectivity index (χ0v) is 18.6. The number of rotatable bonds is 3. The molecule has 0 radical (unpaired) electrons. The minimum Gasteiger partial charge on any atom is -0.497 e. The number of hydrogen-bond acceptors (Lipinski definition) is 5. The van der Waals surface area contributed by atoms with Gasteiger partial charge in [0.1, 0.15) is 21.6 Å². The summed E-state index contributed by atoms with van der Waals surface area (Å²) < 4.78 is 5.28. The normalized spacial score (nSPS) is 17.3. The Morgan fingerprint density at radius 2 is 1.78 bits per heavy atom. The minimum absolute atomic E-state index is 0.0560. The summed E-state index contributed by atoms with van der Waals surface area (Å²) in [4.78, 5) is 19.8. The molecule has 2 aromatic carbocycles. The Morgan fingerprint density at radius 1 is 1.00 bits per heavy atom. The standard InChI is InChI=1S/C26H23N3O2S/c1-31-17-13-11-16(12-14-17)24-28-22-21-20(15-7-3-2-4-8-15)18-9-5-6-10-19(18)27-26(21)32-23(22)25(30)29-24/h2-4,7-8,11-14,24,28H,5-6,9-10H2,1H3,(H,29,30). The first-order valence-corrected chi connectivity index (χ1v) is 11.8. The number of fused-ring (bicyclic) bond motifs is 4. The third-order valence-corrected chi connectivity index (χ3v) is 7.48. The molecule has 1 amide bonds. The van der Waals surface area contributed by atoms with E-state index < -0.39 is 0 Å². The Hall–Kier alpha value is -3.38. The van der Waals surface area contributed by atoms with Gasteiger partial charge in [0.2, 0.25) is 0 Å². The Morgan fingerprint density at radius 3 is 2.56 bits per heavy atom. The van der Waals surface area contributed by atoms with E-state index in [-0.39, 0.29) is 12.1 Å². The van der Waals surface area contributed by atoms with Crippen LogP contribution in [0, 0.1) is 0 Å². The fourth-order valence-corrected chi connectivity index (χ4v) is 5.92. The molecule has 160 valence electrons. The molecule has 0 saturated carbocycles. The van der Waals surface area contributed by atoms with Crippen LogP contribution in [-0.2, 0) is 12.8 Å². The number of benzene rings is 2. The molecule has 2 aliphatic rings. The second-order valence-electron chi connectivity index (χ2n) is 8.30. The van der Waals surface area contributed by atoms with Gasteiger partial charge in [-0.3, -0.25) is 4.79 Å². The summed E-state index contributed by atoms with van der Waals surface area (Å²) in [6.07, 6.45) is 4.07. The van der Waals surface area contributed by atoms with Crippen molar-refractivity contribution in [1.82, 2.24) is 10.3 Å². The van der Waals surface area contributed by atoms with Gasteiger partial charge in [-0.1, -0.05) is 42.5 Å². The number of nitrogens with zero attached hydrogens (tertiary/aromatic N) is 1. The number of aryl methyl sites for hydroxylation is 1. The van der Waals surface area contributed by atoms with Crippen LogP contribution in [-0.4, -0.2) is 18.0 Å². The number of thiophene rings is 1. The molecule has 3 heterocycles. The molecule has 1 unspecified atom stereocenters. The first kappa shape index (κ1) is 19.3. The summed E-state index contributed by atoms with van der Waals surface area (Å²) in [5.74, 6) is 0.735. The average molecular weight is 442 g/mol. The van der Waals surface area contributed by atoms with E-state index in [2.05, 4.69) is 34.9 Å². The summed E-state index contributed by atoms with van der Waals surface area (Å²) in [7, 11) is 1.65. The predicted octanol–water partition coefficient (Wildman–Crippen LogP) is 5.70. The lowest BCUT2D eigenvalue weighted by atomic mass is 9.87. The van der Waals surface area contributed by atoms with E-state index in [4.69, 9.17) is 9.72 Å². The predicted molar refractivity (Wildman–Crippen MR) is 129 cm³/mol. The van der Waals surface area contributed by atoms with Crippen LogP contribution in [0.4, 0.5) is 5.69 Å². The molecule has 2 N–H and O–H groups in total. The minimum atomic E-state index is -0.307. The molecule has 0 saturated heterocycles. The van der Waals surface area contributed by atoms with Crippen molar-refractivity contribution in [2.45, 2.75) is 31.8 Å². The van der Waals surface area contributed by atoms with Crippen molar-refractivity contribution in [2.24, 2.45) is 0 Å². The molecular weight excluding hydrogens is 418 g/mol. The van der Waals surface area contributed by atoms with Crippen LogP contribution in [0.25, 0.3) is 21.3 Å². The van der Waals surface area contributed by atoms with E-state index in [1.807, 2.05) is 30.3 Å². The van der Waals surface area contributed by atoms with Gasteiger partial charge in [-0.05, 0) is 60.1 Å². The molecular formula is C26H23N3O2S. The Bertz CT molecular complexity index is 1330. The zero-order chi connectivity index (χ0) is 21.7. The van der Waals surface area contributed by atoms with Gasteiger partial charge < -0.3 is 15.4 Å². The monoisotopic (exact) mass is 441 g/mol. The van der Waals surface area contributed by atoms with Gasteiger partial charge in [0.05, 0.1) is 12.8 Å². The van der Waals surface area contributed by atoms with E-state index in [1.165, 1.54) is 46.6 Å². The van der Waals surface area contributed by atoms with Gasteiger partial charge in [0.25, 0.3) is 5.91 Å². The molecule has 6 heteroatoms. The maximum absolute atomic E-state index is 13.1. The fraction of sp³-hybridized carbons (Fsp3) is 0.231. The van der Waals surface area contributed by atoms with Gasteiger partial charge in [0.15, 0.2) is 0 Å². The number of nitrogens with one attached hydrogen (secondary N) is 2. The molecule has 2 aromatic heterocycles. The van der Waals surface area contributed by atoms with Crippen LogP contribution in [0.2, 0.25) is 0 Å². The van der Waals surface area contributed by atoms with Crippen LogP contribution >= 0.6 is 11.3 Å². The number of carbonyl (C=O) groups is 1. The van der Waals surface area contributed by atoms with Gasteiger partial charge in [0, 0.05) is 11.1 Å². The van der Waals surface area contributed by atoms with Crippen LogP contribution in [0.3, 0.4) is 0 Å². The van der Waals surface area contributed by atoms with Crippen molar-refractivity contribution in [3.8, 4) is 16.9 Å². The van der Waals surface area contributed by atoms with Gasteiger partial charge in [-0.2, -0.15) is 0 Å². The topological polar surface area (TPSA) is 63.2 Å². The molecule has 0 fully saturated rings. The largest absolute Gasteiger partial charge is 0.497 e. The third kappa shape index (κ3) is 3.06. The highest BCUT2D eigenvalue weighted by molar-refractivity contribution is 7.21. The summed E-state index contributed by atoms with van der Waals surface area (Å²) in [6.45, 7) is 0. The van der Waals surface area contributed by atoms with Gasteiger partial charge in [-0.15, -0.1) is 11.3 Å². The lowest BCUT2D eigenvalue weighted by molar-refractivity contribution is 0.0940. The number of hydrogen-bond donors (Lipinski definition) is 2. The summed E-state index contributed by atoms with van der Waals surface area (Å²) in [6, 6.07) is 18.3. The highest BCUT2D eigenvalue weighted by Gasteiger charge is 2.32. The smallest absolute Gasteiger partial charge is 0.265 e. The molecule has 6 rings (SSSR count). The number of methoxy groups -OCH3 is 1. The molecule has 5 nitrogen and oxygen atoms in total. The van der Waals surface area contributed by atoms with Crippen molar-refractivity contribution >= 4 is 33.1 Å². The summed E-state index contributed by atoms with van der Waals surface area (Å²) in [5.41, 5.74) is 6.83. The zero-order valence-electron chi connectivity index (χ0n) is 17.8. The van der Waals surface area contributed by atoms with Gasteiger partial charge >= 0.3 is 0 Å². The maximum atomic E-state index is 13.1. The van der Waals surface area contributed by atoms with Crippen LogP contribution < -0.4 is 15.4 Å². The highest BCUT2D eigenvalue weighted by Crippen LogP contribution is 2.47. The number of amides is 1. The van der Waals surface area contributed by atoms with Crippen LogP contribution in [0.15, 0.2) is 54.6 Å². The Labute approximate surface area is 190 Å². The maximum Gasteiger partial charge on any atom is 0.265 e. The van der Waals surface area contributed by atoms with Crippen LogP contribution in [0.1, 0.15) is 45.5 Å². The van der Waals surface area contributed by atoms with E-state index in [1.54, 1.807) is 7.11 Å². The molecule has 0 spiro atoms. The van der Waals surface area contributed by atoms with Gasteiger partial charge in [-0.25, -0.2) is 4.98 Å².